The van der Waals surface area contributed by atoms with E-state index in [-0.39, 0.29) is 23.3 Å². The summed E-state index contributed by atoms with van der Waals surface area (Å²) in [6.45, 7) is 0. The maximum absolute atomic E-state index is 12.4. The number of carbonyl (C=O) groups excluding carboxylic acids is 3. The predicted molar refractivity (Wildman–Crippen MR) is 70.2 cm³/mol. The molecule has 1 aromatic carbocycles. The van der Waals surface area contributed by atoms with Crippen LogP contribution >= 0.6 is 0 Å². The molecule has 3 nitrogen and oxygen atoms in total. The summed E-state index contributed by atoms with van der Waals surface area (Å²) >= 11 is 0. The summed E-state index contributed by atoms with van der Waals surface area (Å²) in [5.74, 6) is -0.601. The van der Waals surface area contributed by atoms with Crippen molar-refractivity contribution in [1.82, 2.24) is 0 Å². The van der Waals surface area contributed by atoms with Crippen LogP contribution in [0.4, 0.5) is 0 Å². The van der Waals surface area contributed by atoms with E-state index >= 15 is 0 Å². The van der Waals surface area contributed by atoms with E-state index in [0.29, 0.717) is 29.5 Å². The summed E-state index contributed by atoms with van der Waals surface area (Å²) in [6, 6.07) is 6.81. The Kier molecular flexibility index (Phi) is 2.90. The lowest BCUT2D eigenvalue weighted by Crippen LogP contribution is -2.28. The van der Waals surface area contributed by atoms with Gasteiger partial charge in [-0.1, -0.05) is 30.7 Å². The topological polar surface area (TPSA) is 51.2 Å². The number of benzene rings is 1. The highest BCUT2D eigenvalue weighted by atomic mass is 16.1. The minimum atomic E-state index is -0.376. The molecule has 96 valence electrons. The number of allylic oxidation sites excluding steroid dienone is 2. The van der Waals surface area contributed by atoms with Crippen molar-refractivity contribution < 1.29 is 14.4 Å². The first-order chi connectivity index (χ1) is 9.18. The lowest BCUT2D eigenvalue weighted by molar-refractivity contribution is -0.123. The summed E-state index contributed by atoms with van der Waals surface area (Å²) in [5, 5.41) is 0. The zero-order valence-corrected chi connectivity index (χ0v) is 10.5. The molecular formula is C16H14O3. The van der Waals surface area contributed by atoms with E-state index in [4.69, 9.17) is 0 Å². The van der Waals surface area contributed by atoms with Crippen LogP contribution in [0.15, 0.2) is 35.9 Å². The molecule has 0 aliphatic heterocycles. The fourth-order valence-corrected chi connectivity index (χ4v) is 2.91. The number of Topliss-reactive ketones (excluding diaryl/α,β-unsaturated/α-hetero) is 2. The third-order valence-corrected chi connectivity index (χ3v) is 3.92. The van der Waals surface area contributed by atoms with Gasteiger partial charge in [-0.3, -0.25) is 14.4 Å². The average Bonchev–Trinajstić information content (AvgIpc) is 2.44. The summed E-state index contributed by atoms with van der Waals surface area (Å²) in [7, 11) is 0. The van der Waals surface area contributed by atoms with E-state index in [1.807, 2.05) is 0 Å². The first-order valence-electron chi connectivity index (χ1n) is 6.61. The van der Waals surface area contributed by atoms with E-state index in [2.05, 4.69) is 0 Å². The molecule has 0 bridgehead atoms. The molecule has 3 heteroatoms. The van der Waals surface area contributed by atoms with E-state index in [1.165, 1.54) is 6.08 Å². The van der Waals surface area contributed by atoms with Gasteiger partial charge in [-0.2, -0.15) is 0 Å². The Morgan fingerprint density at radius 1 is 0.947 bits per heavy atom. The maximum atomic E-state index is 12.4. The van der Waals surface area contributed by atoms with E-state index in [0.717, 1.165) is 12.8 Å². The number of ketones is 3. The molecule has 0 spiro atoms. The van der Waals surface area contributed by atoms with Gasteiger partial charge >= 0.3 is 0 Å². The SMILES string of the molecule is O=C1C=C(C2CCCCC2=O)C(=O)c2ccccc21. The molecule has 2 aliphatic carbocycles. The minimum Gasteiger partial charge on any atom is -0.299 e. The first-order valence-corrected chi connectivity index (χ1v) is 6.61. The van der Waals surface area contributed by atoms with Crippen molar-refractivity contribution in [2.75, 3.05) is 0 Å². The highest BCUT2D eigenvalue weighted by molar-refractivity contribution is 6.25. The normalized spacial score (nSPS) is 23.1. The van der Waals surface area contributed by atoms with Crippen molar-refractivity contribution in [2.24, 2.45) is 5.92 Å². The number of rotatable bonds is 1. The average molecular weight is 254 g/mol. The number of hydrogen-bond acceptors (Lipinski definition) is 3. The standard InChI is InChI=1S/C16H14O3/c17-14-8-4-3-6-11(14)13-9-15(18)10-5-1-2-7-12(10)16(13)19/h1-2,5,7,9,11H,3-4,6,8H2. The molecule has 0 amide bonds. The van der Waals surface area contributed by atoms with E-state index < -0.39 is 0 Å². The van der Waals surface area contributed by atoms with Gasteiger partial charge in [-0.15, -0.1) is 0 Å². The second-order valence-electron chi connectivity index (χ2n) is 5.10. The maximum Gasteiger partial charge on any atom is 0.190 e. The van der Waals surface area contributed by atoms with Crippen LogP contribution in [0.2, 0.25) is 0 Å². The van der Waals surface area contributed by atoms with Crippen molar-refractivity contribution in [3.05, 3.63) is 47.0 Å². The molecule has 19 heavy (non-hydrogen) atoms. The second-order valence-corrected chi connectivity index (χ2v) is 5.10. The Bertz CT molecular complexity index is 610. The molecule has 0 aromatic heterocycles. The Labute approximate surface area is 111 Å². The second kappa shape index (κ2) is 4.57. The zero-order valence-electron chi connectivity index (χ0n) is 10.5. The molecule has 0 saturated heterocycles. The van der Waals surface area contributed by atoms with Crippen molar-refractivity contribution >= 4 is 17.3 Å². The van der Waals surface area contributed by atoms with Crippen molar-refractivity contribution in [1.29, 1.82) is 0 Å². The van der Waals surface area contributed by atoms with Gasteiger partial charge in [0.1, 0.15) is 5.78 Å². The highest BCUT2D eigenvalue weighted by Crippen LogP contribution is 2.32. The molecule has 3 rings (SSSR count). The van der Waals surface area contributed by atoms with Crippen LogP contribution < -0.4 is 0 Å². The lowest BCUT2D eigenvalue weighted by Gasteiger charge is -2.25. The Morgan fingerprint density at radius 2 is 1.68 bits per heavy atom. The molecule has 1 atom stereocenters. The van der Waals surface area contributed by atoms with Crippen LogP contribution in [0.1, 0.15) is 46.4 Å². The van der Waals surface area contributed by atoms with Gasteiger partial charge in [0.2, 0.25) is 0 Å². The van der Waals surface area contributed by atoms with Gasteiger partial charge in [-0.05, 0) is 18.9 Å². The molecule has 1 aromatic rings. The fourth-order valence-electron chi connectivity index (χ4n) is 2.91. The van der Waals surface area contributed by atoms with Crippen LogP contribution in [0.5, 0.6) is 0 Å². The summed E-state index contributed by atoms with van der Waals surface area (Å²) in [6.07, 6.45) is 4.41. The smallest absolute Gasteiger partial charge is 0.190 e. The van der Waals surface area contributed by atoms with Crippen LogP contribution in [0.3, 0.4) is 0 Å². The third-order valence-electron chi connectivity index (χ3n) is 3.92. The van der Waals surface area contributed by atoms with Crippen molar-refractivity contribution in [3.8, 4) is 0 Å². The van der Waals surface area contributed by atoms with Crippen LogP contribution in [0.25, 0.3) is 0 Å². The van der Waals surface area contributed by atoms with Gasteiger partial charge in [0.05, 0.1) is 0 Å². The Balaban J connectivity index is 2.03. The van der Waals surface area contributed by atoms with Crippen molar-refractivity contribution in [2.45, 2.75) is 25.7 Å². The Hall–Kier alpha value is -2.03. The predicted octanol–water partition coefficient (Wildman–Crippen LogP) is 2.75. The summed E-state index contributed by atoms with van der Waals surface area (Å²) in [4.78, 5) is 36.4. The summed E-state index contributed by atoms with van der Waals surface area (Å²) < 4.78 is 0. The van der Waals surface area contributed by atoms with Crippen LogP contribution in [-0.4, -0.2) is 17.3 Å². The van der Waals surface area contributed by atoms with E-state index in [9.17, 15) is 14.4 Å². The third kappa shape index (κ3) is 1.95. The summed E-state index contributed by atoms with van der Waals surface area (Å²) in [5.41, 5.74) is 1.27. The zero-order chi connectivity index (χ0) is 13.4. The monoisotopic (exact) mass is 254 g/mol. The quantitative estimate of drug-likeness (QED) is 0.774. The Morgan fingerprint density at radius 3 is 2.42 bits per heavy atom. The van der Waals surface area contributed by atoms with Crippen molar-refractivity contribution in [3.63, 3.8) is 0 Å². The molecule has 1 unspecified atom stereocenters. The number of fused-ring (bicyclic) bond motifs is 1. The van der Waals surface area contributed by atoms with Crippen LogP contribution in [-0.2, 0) is 4.79 Å². The van der Waals surface area contributed by atoms with Crippen LogP contribution in [0, 0.1) is 5.92 Å². The molecule has 1 saturated carbocycles. The van der Waals surface area contributed by atoms with Gasteiger partial charge in [0, 0.05) is 29.0 Å². The first kappa shape index (κ1) is 12.0. The molecule has 2 aliphatic rings. The van der Waals surface area contributed by atoms with E-state index in [1.54, 1.807) is 24.3 Å². The van der Waals surface area contributed by atoms with Gasteiger partial charge < -0.3 is 0 Å². The molecule has 1 fully saturated rings. The molecular weight excluding hydrogens is 240 g/mol. The number of carbonyl (C=O) groups is 3. The fraction of sp³-hybridized carbons (Fsp3) is 0.312. The van der Waals surface area contributed by atoms with Gasteiger partial charge in [0.15, 0.2) is 11.6 Å². The number of hydrogen-bond donors (Lipinski definition) is 0. The highest BCUT2D eigenvalue weighted by Gasteiger charge is 2.34. The molecule has 0 radical (unpaired) electrons. The lowest BCUT2D eigenvalue weighted by atomic mass is 9.76. The largest absolute Gasteiger partial charge is 0.299 e. The van der Waals surface area contributed by atoms with Gasteiger partial charge in [-0.25, -0.2) is 0 Å². The molecule has 0 heterocycles. The molecule has 0 N–H and O–H groups in total. The van der Waals surface area contributed by atoms with Gasteiger partial charge in [0.25, 0.3) is 0 Å². The minimum absolute atomic E-state index is 0.0954.